The fraction of sp³-hybridized carbons (Fsp3) is 1.00. The van der Waals surface area contributed by atoms with Gasteiger partial charge in [0.2, 0.25) is 0 Å². The van der Waals surface area contributed by atoms with Crippen LogP contribution in [0.3, 0.4) is 0 Å². The number of likely N-dealkylation sites (tertiary alicyclic amines) is 1. The Bertz CT molecular complexity index is 171. The molecule has 2 nitrogen and oxygen atoms in total. The molecule has 2 atom stereocenters. The zero-order valence-corrected chi connectivity index (χ0v) is 11.1. The Morgan fingerprint density at radius 2 is 1.93 bits per heavy atom. The van der Waals surface area contributed by atoms with Crippen molar-refractivity contribution < 1.29 is 0 Å². The fourth-order valence-corrected chi connectivity index (χ4v) is 2.78. The molecule has 0 saturated carbocycles. The summed E-state index contributed by atoms with van der Waals surface area (Å²) in [6, 6.07) is 0.700. The van der Waals surface area contributed by atoms with Crippen molar-refractivity contribution in [3.05, 3.63) is 0 Å². The SMILES string of the molecule is CCN1CC(CC(C)(C)C)CC(NC)C1. The van der Waals surface area contributed by atoms with Gasteiger partial charge in [0.1, 0.15) is 0 Å². The summed E-state index contributed by atoms with van der Waals surface area (Å²) in [7, 11) is 2.10. The molecule has 0 spiro atoms. The van der Waals surface area contributed by atoms with E-state index in [0.29, 0.717) is 11.5 Å². The Hall–Kier alpha value is -0.0800. The van der Waals surface area contributed by atoms with Crippen molar-refractivity contribution in [3.8, 4) is 0 Å². The lowest BCUT2D eigenvalue weighted by Gasteiger charge is -2.39. The number of hydrogen-bond acceptors (Lipinski definition) is 2. The largest absolute Gasteiger partial charge is 0.316 e. The van der Waals surface area contributed by atoms with Crippen molar-refractivity contribution >= 4 is 0 Å². The number of nitrogens with one attached hydrogen (secondary N) is 1. The molecule has 90 valence electrons. The molecule has 1 aliphatic rings. The van der Waals surface area contributed by atoms with Crippen molar-refractivity contribution in [1.82, 2.24) is 10.2 Å². The minimum absolute atomic E-state index is 0.472. The molecule has 0 aromatic heterocycles. The minimum Gasteiger partial charge on any atom is -0.316 e. The molecule has 0 radical (unpaired) electrons. The molecule has 2 unspecified atom stereocenters. The molecule has 0 bridgehead atoms. The van der Waals surface area contributed by atoms with Gasteiger partial charge in [-0.1, -0.05) is 27.7 Å². The van der Waals surface area contributed by atoms with Crippen LogP contribution in [0.1, 0.15) is 40.5 Å². The predicted octanol–water partition coefficient (Wildman–Crippen LogP) is 2.35. The van der Waals surface area contributed by atoms with Crippen molar-refractivity contribution in [2.45, 2.75) is 46.6 Å². The maximum Gasteiger partial charge on any atom is 0.0195 e. The van der Waals surface area contributed by atoms with E-state index in [1.165, 1.54) is 32.5 Å². The number of hydrogen-bond donors (Lipinski definition) is 1. The van der Waals surface area contributed by atoms with Crippen LogP contribution in [0.5, 0.6) is 0 Å². The highest BCUT2D eigenvalue weighted by Gasteiger charge is 2.28. The lowest BCUT2D eigenvalue weighted by molar-refractivity contribution is 0.121. The van der Waals surface area contributed by atoms with Crippen LogP contribution in [-0.2, 0) is 0 Å². The van der Waals surface area contributed by atoms with Crippen molar-refractivity contribution in [1.29, 1.82) is 0 Å². The number of likely N-dealkylation sites (N-methyl/N-ethyl adjacent to an activating group) is 2. The summed E-state index contributed by atoms with van der Waals surface area (Å²) in [6.45, 7) is 13.1. The Morgan fingerprint density at radius 1 is 1.27 bits per heavy atom. The zero-order valence-electron chi connectivity index (χ0n) is 11.1. The molecule has 15 heavy (non-hydrogen) atoms. The lowest BCUT2D eigenvalue weighted by Crippen LogP contribution is -2.48. The maximum absolute atomic E-state index is 3.44. The molecule has 1 heterocycles. The van der Waals surface area contributed by atoms with E-state index in [0.717, 1.165) is 5.92 Å². The van der Waals surface area contributed by atoms with Crippen LogP contribution in [-0.4, -0.2) is 37.6 Å². The van der Waals surface area contributed by atoms with Gasteiger partial charge in [-0.3, -0.25) is 0 Å². The van der Waals surface area contributed by atoms with Gasteiger partial charge < -0.3 is 10.2 Å². The first-order chi connectivity index (χ1) is 6.94. The number of rotatable bonds is 3. The molecule has 1 rings (SSSR count). The molecular formula is C13H28N2. The van der Waals surface area contributed by atoms with Crippen LogP contribution >= 0.6 is 0 Å². The van der Waals surface area contributed by atoms with Crippen molar-refractivity contribution in [3.63, 3.8) is 0 Å². The van der Waals surface area contributed by atoms with E-state index in [1.807, 2.05) is 0 Å². The van der Waals surface area contributed by atoms with Crippen LogP contribution in [0.4, 0.5) is 0 Å². The van der Waals surface area contributed by atoms with Crippen LogP contribution in [0, 0.1) is 11.3 Å². The van der Waals surface area contributed by atoms with Gasteiger partial charge in [0, 0.05) is 19.1 Å². The Morgan fingerprint density at radius 3 is 2.40 bits per heavy atom. The monoisotopic (exact) mass is 212 g/mol. The molecule has 1 N–H and O–H groups in total. The van der Waals surface area contributed by atoms with Gasteiger partial charge in [-0.15, -0.1) is 0 Å². The van der Waals surface area contributed by atoms with Crippen LogP contribution in [0.25, 0.3) is 0 Å². The van der Waals surface area contributed by atoms with Crippen LogP contribution in [0.2, 0.25) is 0 Å². The van der Waals surface area contributed by atoms with Gasteiger partial charge in [-0.05, 0) is 37.8 Å². The van der Waals surface area contributed by atoms with Crippen molar-refractivity contribution in [2.24, 2.45) is 11.3 Å². The summed E-state index contributed by atoms with van der Waals surface area (Å²) >= 11 is 0. The highest BCUT2D eigenvalue weighted by Crippen LogP contribution is 2.30. The second-order valence-corrected chi connectivity index (χ2v) is 6.20. The minimum atomic E-state index is 0.472. The first kappa shape index (κ1) is 13.0. The molecule has 0 aromatic carbocycles. The average molecular weight is 212 g/mol. The molecule has 0 aliphatic carbocycles. The third-order valence-corrected chi connectivity index (χ3v) is 3.37. The summed E-state index contributed by atoms with van der Waals surface area (Å²) in [6.07, 6.45) is 2.70. The first-order valence-electron chi connectivity index (χ1n) is 6.34. The average Bonchev–Trinajstić information content (AvgIpc) is 2.14. The van der Waals surface area contributed by atoms with E-state index in [4.69, 9.17) is 0 Å². The van der Waals surface area contributed by atoms with Crippen LogP contribution < -0.4 is 5.32 Å². The summed E-state index contributed by atoms with van der Waals surface area (Å²) in [5, 5.41) is 3.44. The Kier molecular flexibility index (Phi) is 4.60. The third kappa shape index (κ3) is 4.52. The smallest absolute Gasteiger partial charge is 0.0195 e. The van der Waals surface area contributed by atoms with Gasteiger partial charge in [0.15, 0.2) is 0 Å². The third-order valence-electron chi connectivity index (χ3n) is 3.37. The normalized spacial score (nSPS) is 29.4. The molecule has 1 fully saturated rings. The van der Waals surface area contributed by atoms with Gasteiger partial charge >= 0.3 is 0 Å². The zero-order chi connectivity index (χ0) is 11.5. The summed E-state index contributed by atoms with van der Waals surface area (Å²) in [4.78, 5) is 2.58. The second kappa shape index (κ2) is 5.31. The molecule has 0 aromatic rings. The van der Waals surface area contributed by atoms with E-state index < -0.39 is 0 Å². The Balaban J connectivity index is 2.50. The highest BCUT2D eigenvalue weighted by molar-refractivity contribution is 4.84. The topological polar surface area (TPSA) is 15.3 Å². The summed E-state index contributed by atoms with van der Waals surface area (Å²) in [5.74, 6) is 0.871. The summed E-state index contributed by atoms with van der Waals surface area (Å²) in [5.41, 5.74) is 0.472. The quantitative estimate of drug-likeness (QED) is 0.772. The molecule has 0 amide bonds. The van der Waals surface area contributed by atoms with E-state index in [2.05, 4.69) is 45.0 Å². The second-order valence-electron chi connectivity index (χ2n) is 6.20. The number of piperidine rings is 1. The van der Waals surface area contributed by atoms with Gasteiger partial charge in [0.25, 0.3) is 0 Å². The van der Waals surface area contributed by atoms with Gasteiger partial charge in [-0.25, -0.2) is 0 Å². The molecular weight excluding hydrogens is 184 g/mol. The lowest BCUT2D eigenvalue weighted by atomic mass is 9.80. The molecule has 1 aliphatic heterocycles. The van der Waals surface area contributed by atoms with E-state index in [-0.39, 0.29) is 0 Å². The number of nitrogens with zero attached hydrogens (tertiary/aromatic N) is 1. The fourth-order valence-electron chi connectivity index (χ4n) is 2.78. The highest BCUT2D eigenvalue weighted by atomic mass is 15.2. The van der Waals surface area contributed by atoms with E-state index in [1.54, 1.807) is 0 Å². The van der Waals surface area contributed by atoms with Crippen LogP contribution in [0.15, 0.2) is 0 Å². The Labute approximate surface area is 95.4 Å². The van der Waals surface area contributed by atoms with Gasteiger partial charge in [0.05, 0.1) is 0 Å². The van der Waals surface area contributed by atoms with Crippen molar-refractivity contribution in [2.75, 3.05) is 26.7 Å². The van der Waals surface area contributed by atoms with E-state index >= 15 is 0 Å². The maximum atomic E-state index is 3.44. The standard InChI is InChI=1S/C13H28N2/c1-6-15-9-11(8-13(2,3)4)7-12(10-15)14-5/h11-12,14H,6-10H2,1-5H3. The predicted molar refractivity (Wildman–Crippen MR) is 67.1 cm³/mol. The van der Waals surface area contributed by atoms with Gasteiger partial charge in [-0.2, -0.15) is 0 Å². The molecule has 1 saturated heterocycles. The van der Waals surface area contributed by atoms with E-state index in [9.17, 15) is 0 Å². The molecule has 2 heteroatoms. The first-order valence-corrected chi connectivity index (χ1v) is 6.34. The summed E-state index contributed by atoms with van der Waals surface area (Å²) < 4.78 is 0.